The second kappa shape index (κ2) is 8.12. The first-order chi connectivity index (χ1) is 9.47. The van der Waals surface area contributed by atoms with Gasteiger partial charge in [-0.2, -0.15) is 0 Å². The maximum Gasteiger partial charge on any atom is 0.317 e. The number of urea groups is 1. The second-order valence-corrected chi connectivity index (χ2v) is 5.90. The first kappa shape index (κ1) is 16.8. The molecule has 1 saturated heterocycles. The molecule has 2 atom stereocenters. The molecule has 0 bridgehead atoms. The van der Waals surface area contributed by atoms with Crippen molar-refractivity contribution >= 4 is 11.9 Å². The van der Waals surface area contributed by atoms with Crippen LogP contribution in [0.2, 0.25) is 0 Å². The van der Waals surface area contributed by atoms with E-state index in [1.807, 2.05) is 18.7 Å². The Kier molecular flexibility index (Phi) is 6.82. The first-order valence-corrected chi connectivity index (χ1v) is 7.78. The number of nitrogens with zero attached hydrogens (tertiary/aromatic N) is 2. The van der Waals surface area contributed by atoms with E-state index < -0.39 is 0 Å². The van der Waals surface area contributed by atoms with Crippen molar-refractivity contribution in [2.75, 3.05) is 32.7 Å². The Hall–Kier alpha value is -1.26. The van der Waals surface area contributed by atoms with Gasteiger partial charge in [-0.05, 0) is 32.1 Å². The quantitative estimate of drug-likeness (QED) is 0.838. The van der Waals surface area contributed by atoms with E-state index in [0.29, 0.717) is 24.8 Å². The largest absolute Gasteiger partial charge is 0.343 e. The lowest BCUT2D eigenvalue weighted by Gasteiger charge is -2.35. The van der Waals surface area contributed by atoms with Gasteiger partial charge in [-0.3, -0.25) is 4.79 Å². The van der Waals surface area contributed by atoms with E-state index in [2.05, 4.69) is 19.2 Å². The van der Waals surface area contributed by atoms with Crippen molar-refractivity contribution < 1.29 is 9.59 Å². The number of piperidine rings is 1. The fraction of sp³-hybridized carbons (Fsp3) is 0.867. The predicted octanol–water partition coefficient (Wildman–Crippen LogP) is 1.93. The molecular weight excluding hydrogens is 254 g/mol. The van der Waals surface area contributed by atoms with Crippen LogP contribution >= 0.6 is 0 Å². The molecule has 0 saturated carbocycles. The van der Waals surface area contributed by atoms with Crippen LogP contribution in [0.4, 0.5) is 4.79 Å². The summed E-state index contributed by atoms with van der Waals surface area (Å²) < 4.78 is 0. The Morgan fingerprint density at radius 1 is 1.15 bits per heavy atom. The molecule has 0 radical (unpaired) electrons. The summed E-state index contributed by atoms with van der Waals surface area (Å²) in [6, 6.07) is -0.0317. The number of hydrogen-bond acceptors (Lipinski definition) is 2. The van der Waals surface area contributed by atoms with Crippen LogP contribution in [0.25, 0.3) is 0 Å². The molecule has 1 aliphatic rings. The van der Waals surface area contributed by atoms with E-state index in [0.717, 1.165) is 26.2 Å². The first-order valence-electron chi connectivity index (χ1n) is 7.78. The van der Waals surface area contributed by atoms with Crippen molar-refractivity contribution in [3.8, 4) is 0 Å². The van der Waals surface area contributed by atoms with Gasteiger partial charge in [-0.15, -0.1) is 0 Å². The van der Waals surface area contributed by atoms with E-state index in [1.165, 1.54) is 6.42 Å². The van der Waals surface area contributed by atoms with Crippen molar-refractivity contribution in [2.45, 2.75) is 40.5 Å². The average molecular weight is 283 g/mol. The highest BCUT2D eigenvalue weighted by Crippen LogP contribution is 2.20. The number of likely N-dealkylation sites (tertiary alicyclic amines) is 1. The minimum atomic E-state index is -0.0317. The fourth-order valence-electron chi connectivity index (χ4n) is 2.95. The summed E-state index contributed by atoms with van der Waals surface area (Å²) in [5.74, 6) is 1.22. The topological polar surface area (TPSA) is 52.7 Å². The van der Waals surface area contributed by atoms with E-state index in [4.69, 9.17) is 0 Å². The molecule has 116 valence electrons. The van der Waals surface area contributed by atoms with Gasteiger partial charge >= 0.3 is 6.03 Å². The predicted molar refractivity (Wildman–Crippen MR) is 80.5 cm³/mol. The summed E-state index contributed by atoms with van der Waals surface area (Å²) >= 11 is 0. The highest BCUT2D eigenvalue weighted by atomic mass is 16.2. The number of amides is 3. The summed E-state index contributed by atoms with van der Waals surface area (Å²) in [4.78, 5) is 27.6. The molecule has 5 heteroatoms. The van der Waals surface area contributed by atoms with E-state index >= 15 is 0 Å². The number of hydrogen-bond donors (Lipinski definition) is 1. The smallest absolute Gasteiger partial charge is 0.317 e. The summed E-state index contributed by atoms with van der Waals surface area (Å²) in [5.41, 5.74) is 0. The summed E-state index contributed by atoms with van der Waals surface area (Å²) in [7, 11) is 0. The third-order valence-electron chi connectivity index (χ3n) is 3.89. The van der Waals surface area contributed by atoms with E-state index in [-0.39, 0.29) is 11.9 Å². The van der Waals surface area contributed by atoms with Crippen LogP contribution in [0.3, 0.4) is 0 Å². The summed E-state index contributed by atoms with van der Waals surface area (Å²) in [6.07, 6.45) is 1.57. The van der Waals surface area contributed by atoms with E-state index in [9.17, 15) is 9.59 Å². The summed E-state index contributed by atoms with van der Waals surface area (Å²) in [6.45, 7) is 11.8. The third-order valence-corrected chi connectivity index (χ3v) is 3.89. The Morgan fingerprint density at radius 2 is 1.70 bits per heavy atom. The van der Waals surface area contributed by atoms with Crippen LogP contribution < -0.4 is 5.32 Å². The van der Waals surface area contributed by atoms with Crippen LogP contribution in [0, 0.1) is 11.8 Å². The molecule has 1 fully saturated rings. The van der Waals surface area contributed by atoms with Crippen LogP contribution in [-0.4, -0.2) is 54.5 Å². The second-order valence-electron chi connectivity index (χ2n) is 5.90. The van der Waals surface area contributed by atoms with Gasteiger partial charge in [0, 0.05) is 39.1 Å². The Labute approximate surface area is 122 Å². The molecule has 0 aromatic heterocycles. The highest BCUT2D eigenvalue weighted by Gasteiger charge is 2.25. The zero-order valence-corrected chi connectivity index (χ0v) is 13.3. The minimum absolute atomic E-state index is 0.0317. The van der Waals surface area contributed by atoms with Crippen LogP contribution in [0.5, 0.6) is 0 Å². The molecule has 1 N–H and O–H groups in total. The van der Waals surface area contributed by atoms with Crippen molar-refractivity contribution in [3.63, 3.8) is 0 Å². The van der Waals surface area contributed by atoms with Crippen LogP contribution in [-0.2, 0) is 4.79 Å². The third kappa shape index (κ3) is 5.02. The molecule has 3 amide bonds. The number of nitrogens with one attached hydrogen (secondary N) is 1. The lowest BCUT2D eigenvalue weighted by molar-refractivity contribution is -0.130. The van der Waals surface area contributed by atoms with Gasteiger partial charge in [0.1, 0.15) is 0 Å². The van der Waals surface area contributed by atoms with Gasteiger partial charge in [0.05, 0.1) is 0 Å². The molecule has 1 rings (SSSR count). The van der Waals surface area contributed by atoms with Gasteiger partial charge in [0.15, 0.2) is 0 Å². The molecule has 0 aromatic rings. The van der Waals surface area contributed by atoms with Gasteiger partial charge < -0.3 is 15.1 Å². The van der Waals surface area contributed by atoms with Crippen molar-refractivity contribution in [2.24, 2.45) is 11.8 Å². The molecule has 0 spiro atoms. The zero-order chi connectivity index (χ0) is 15.1. The maximum absolute atomic E-state index is 12.1. The monoisotopic (exact) mass is 283 g/mol. The number of carbonyl (C=O) groups excluding carboxylic acids is 2. The SMILES string of the molecule is CCN(CC)C(=O)CCNC(=O)N1CC(C)CC(C)C1. The molecule has 2 unspecified atom stereocenters. The van der Waals surface area contributed by atoms with Crippen molar-refractivity contribution in [3.05, 3.63) is 0 Å². The average Bonchev–Trinajstić information content (AvgIpc) is 2.38. The van der Waals surface area contributed by atoms with Crippen molar-refractivity contribution in [1.82, 2.24) is 15.1 Å². The summed E-state index contributed by atoms with van der Waals surface area (Å²) in [5, 5.41) is 2.87. The van der Waals surface area contributed by atoms with Crippen LogP contribution in [0.1, 0.15) is 40.5 Å². The van der Waals surface area contributed by atoms with Gasteiger partial charge in [0.2, 0.25) is 5.91 Å². The van der Waals surface area contributed by atoms with Crippen LogP contribution in [0.15, 0.2) is 0 Å². The Morgan fingerprint density at radius 3 is 2.20 bits per heavy atom. The van der Waals surface area contributed by atoms with Gasteiger partial charge in [0.25, 0.3) is 0 Å². The molecule has 1 aliphatic heterocycles. The van der Waals surface area contributed by atoms with E-state index in [1.54, 1.807) is 4.90 Å². The Bertz CT molecular complexity index is 319. The lowest BCUT2D eigenvalue weighted by Crippen LogP contribution is -2.48. The molecule has 1 heterocycles. The number of rotatable bonds is 5. The maximum atomic E-state index is 12.1. The molecule has 5 nitrogen and oxygen atoms in total. The number of carbonyl (C=O) groups is 2. The van der Waals surface area contributed by atoms with Gasteiger partial charge in [-0.1, -0.05) is 13.8 Å². The molecule has 0 aliphatic carbocycles. The highest BCUT2D eigenvalue weighted by molar-refractivity contribution is 5.78. The van der Waals surface area contributed by atoms with Crippen molar-refractivity contribution in [1.29, 1.82) is 0 Å². The minimum Gasteiger partial charge on any atom is -0.343 e. The standard InChI is InChI=1S/C15H29N3O2/c1-5-17(6-2)14(19)7-8-16-15(20)18-10-12(3)9-13(4)11-18/h12-13H,5-11H2,1-4H3,(H,16,20). The Balaban J connectivity index is 2.31. The lowest BCUT2D eigenvalue weighted by atomic mass is 9.92. The molecular formula is C15H29N3O2. The normalized spacial score (nSPS) is 22.5. The zero-order valence-electron chi connectivity index (χ0n) is 13.3. The van der Waals surface area contributed by atoms with Gasteiger partial charge in [-0.25, -0.2) is 4.79 Å². The fourth-order valence-corrected chi connectivity index (χ4v) is 2.95. The molecule has 0 aromatic carbocycles. The molecule has 20 heavy (non-hydrogen) atoms.